The molecule has 1 aromatic carbocycles. The van der Waals surface area contributed by atoms with E-state index in [1.54, 1.807) is 17.1 Å². The van der Waals surface area contributed by atoms with E-state index in [2.05, 4.69) is 10.4 Å². The Kier molecular flexibility index (Phi) is 3.99. The molecular formula is C13H14ClN3O. The van der Waals surface area contributed by atoms with Gasteiger partial charge in [0.25, 0.3) is 0 Å². The van der Waals surface area contributed by atoms with Crippen LogP contribution in [0.25, 0.3) is 5.69 Å². The summed E-state index contributed by atoms with van der Waals surface area (Å²) in [7, 11) is 0. The molecular weight excluding hydrogens is 250 g/mol. The number of carbonyl (C=O) groups excluding carboxylic acids is 1. The van der Waals surface area contributed by atoms with Crippen molar-refractivity contribution in [2.24, 2.45) is 0 Å². The minimum Gasteiger partial charge on any atom is -0.355 e. The van der Waals surface area contributed by atoms with Crippen LogP contribution < -0.4 is 5.32 Å². The molecule has 0 saturated heterocycles. The van der Waals surface area contributed by atoms with E-state index in [1.807, 2.05) is 37.3 Å². The number of aromatic nitrogens is 2. The summed E-state index contributed by atoms with van der Waals surface area (Å²) in [5.41, 5.74) is 1.62. The maximum Gasteiger partial charge on any atom is 0.242 e. The smallest absolute Gasteiger partial charge is 0.242 e. The van der Waals surface area contributed by atoms with Crippen LogP contribution in [0.1, 0.15) is 17.9 Å². The van der Waals surface area contributed by atoms with Gasteiger partial charge in [-0.1, -0.05) is 18.2 Å². The molecule has 1 unspecified atom stereocenters. The number of halogens is 1. The number of nitrogens with one attached hydrogen (secondary N) is 1. The third-order valence-electron chi connectivity index (χ3n) is 2.50. The van der Waals surface area contributed by atoms with E-state index in [-0.39, 0.29) is 5.91 Å². The fourth-order valence-corrected chi connectivity index (χ4v) is 1.79. The van der Waals surface area contributed by atoms with Crippen molar-refractivity contribution in [3.05, 3.63) is 48.3 Å². The highest BCUT2D eigenvalue weighted by Gasteiger charge is 2.18. The number of hydrogen-bond acceptors (Lipinski definition) is 2. The van der Waals surface area contributed by atoms with Gasteiger partial charge in [0.05, 0.1) is 11.9 Å². The number of rotatable bonds is 4. The number of amides is 1. The van der Waals surface area contributed by atoms with Gasteiger partial charge in [0.2, 0.25) is 5.91 Å². The average molecular weight is 264 g/mol. The summed E-state index contributed by atoms with van der Waals surface area (Å²) < 4.78 is 1.70. The Morgan fingerprint density at radius 3 is 2.83 bits per heavy atom. The second-order valence-electron chi connectivity index (χ2n) is 3.81. The van der Waals surface area contributed by atoms with Crippen LogP contribution in [-0.4, -0.2) is 22.2 Å². The van der Waals surface area contributed by atoms with E-state index < -0.39 is 5.38 Å². The lowest BCUT2D eigenvalue weighted by molar-refractivity contribution is -0.120. The fraction of sp³-hybridized carbons (Fsp3) is 0.231. The molecule has 4 nitrogen and oxygen atoms in total. The van der Waals surface area contributed by atoms with Gasteiger partial charge in [-0.3, -0.25) is 4.79 Å². The maximum atomic E-state index is 11.6. The van der Waals surface area contributed by atoms with Crippen molar-refractivity contribution < 1.29 is 4.79 Å². The summed E-state index contributed by atoms with van der Waals surface area (Å²) in [6.45, 7) is 2.42. The number of hydrogen-bond donors (Lipinski definition) is 1. The molecule has 1 N–H and O–H groups in total. The van der Waals surface area contributed by atoms with Crippen LogP contribution in [0.5, 0.6) is 0 Å². The topological polar surface area (TPSA) is 46.9 Å². The number of benzene rings is 1. The first kappa shape index (κ1) is 12.6. The van der Waals surface area contributed by atoms with E-state index in [9.17, 15) is 4.79 Å². The van der Waals surface area contributed by atoms with Crippen LogP contribution in [-0.2, 0) is 4.79 Å². The Bertz CT molecular complexity index is 524. The van der Waals surface area contributed by atoms with Gasteiger partial charge in [-0.25, -0.2) is 4.68 Å². The predicted molar refractivity (Wildman–Crippen MR) is 70.8 cm³/mol. The van der Waals surface area contributed by atoms with Crippen LogP contribution in [0.3, 0.4) is 0 Å². The number of alkyl halides is 1. The second kappa shape index (κ2) is 5.69. The molecule has 1 amide bonds. The zero-order valence-corrected chi connectivity index (χ0v) is 10.8. The Balaban J connectivity index is 2.18. The molecule has 2 aromatic rings. The molecule has 0 aliphatic rings. The third-order valence-corrected chi connectivity index (χ3v) is 2.95. The molecule has 0 bridgehead atoms. The van der Waals surface area contributed by atoms with Crippen molar-refractivity contribution >= 4 is 17.5 Å². The van der Waals surface area contributed by atoms with Crippen molar-refractivity contribution in [1.29, 1.82) is 0 Å². The Labute approximate surface area is 111 Å². The van der Waals surface area contributed by atoms with Crippen molar-refractivity contribution in [1.82, 2.24) is 15.1 Å². The Hall–Kier alpha value is -1.81. The largest absolute Gasteiger partial charge is 0.355 e. The molecule has 0 spiro atoms. The summed E-state index contributed by atoms with van der Waals surface area (Å²) >= 11 is 6.07. The SMILES string of the molecule is CCNC(=O)C(Cl)c1cnn(-c2ccccc2)c1. The van der Waals surface area contributed by atoms with Crippen LogP contribution in [0.4, 0.5) is 0 Å². The van der Waals surface area contributed by atoms with Crippen molar-refractivity contribution in [3.63, 3.8) is 0 Å². The molecule has 0 aliphatic carbocycles. The zero-order chi connectivity index (χ0) is 13.0. The van der Waals surface area contributed by atoms with E-state index in [0.717, 1.165) is 5.69 Å². The average Bonchev–Trinajstić information content (AvgIpc) is 2.89. The van der Waals surface area contributed by atoms with E-state index in [4.69, 9.17) is 11.6 Å². The molecule has 0 aliphatic heterocycles. The van der Waals surface area contributed by atoms with Crippen LogP contribution in [0.15, 0.2) is 42.7 Å². The first-order valence-electron chi connectivity index (χ1n) is 5.74. The standard InChI is InChI=1S/C13H14ClN3O/c1-2-15-13(18)12(14)10-8-16-17(9-10)11-6-4-3-5-7-11/h3-9,12H,2H2,1H3,(H,15,18). The van der Waals surface area contributed by atoms with Crippen LogP contribution in [0, 0.1) is 0 Å². The van der Waals surface area contributed by atoms with E-state index in [1.165, 1.54) is 0 Å². The molecule has 1 atom stereocenters. The molecule has 5 heteroatoms. The maximum absolute atomic E-state index is 11.6. The third kappa shape index (κ3) is 2.71. The van der Waals surface area contributed by atoms with Gasteiger partial charge in [-0.2, -0.15) is 5.10 Å². The summed E-state index contributed by atoms with van der Waals surface area (Å²) in [5, 5.41) is 6.18. The van der Waals surface area contributed by atoms with Crippen LogP contribution >= 0.6 is 11.6 Å². The first-order valence-corrected chi connectivity index (χ1v) is 6.17. The fourth-order valence-electron chi connectivity index (χ4n) is 1.60. The minimum atomic E-state index is -0.706. The minimum absolute atomic E-state index is 0.202. The molecule has 18 heavy (non-hydrogen) atoms. The predicted octanol–water partition coefficient (Wildman–Crippen LogP) is 2.29. The molecule has 1 heterocycles. The van der Waals surface area contributed by atoms with Gasteiger partial charge in [0, 0.05) is 18.3 Å². The molecule has 0 saturated carbocycles. The van der Waals surface area contributed by atoms with Gasteiger partial charge < -0.3 is 5.32 Å². The second-order valence-corrected chi connectivity index (χ2v) is 4.25. The number of carbonyl (C=O) groups is 1. The molecule has 2 rings (SSSR count). The molecule has 94 valence electrons. The zero-order valence-electron chi connectivity index (χ0n) is 10.0. The summed E-state index contributed by atoms with van der Waals surface area (Å²) in [6.07, 6.45) is 3.38. The van der Waals surface area contributed by atoms with Gasteiger partial charge in [-0.15, -0.1) is 11.6 Å². The number of nitrogens with zero attached hydrogens (tertiary/aromatic N) is 2. The lowest BCUT2D eigenvalue weighted by atomic mass is 10.2. The van der Waals surface area contributed by atoms with Crippen LogP contribution in [0.2, 0.25) is 0 Å². The summed E-state index contributed by atoms with van der Waals surface area (Å²) in [5.74, 6) is -0.202. The lowest BCUT2D eigenvalue weighted by Crippen LogP contribution is -2.26. The van der Waals surface area contributed by atoms with E-state index >= 15 is 0 Å². The molecule has 0 radical (unpaired) electrons. The lowest BCUT2D eigenvalue weighted by Gasteiger charge is -2.06. The summed E-state index contributed by atoms with van der Waals surface area (Å²) in [4.78, 5) is 11.6. The number of likely N-dealkylation sites (N-methyl/N-ethyl adjacent to an activating group) is 1. The highest BCUT2D eigenvalue weighted by molar-refractivity contribution is 6.30. The Morgan fingerprint density at radius 1 is 1.44 bits per heavy atom. The highest BCUT2D eigenvalue weighted by atomic mass is 35.5. The van der Waals surface area contributed by atoms with Gasteiger partial charge in [0.1, 0.15) is 5.38 Å². The van der Waals surface area contributed by atoms with Gasteiger partial charge in [0.15, 0.2) is 0 Å². The van der Waals surface area contributed by atoms with E-state index in [0.29, 0.717) is 12.1 Å². The first-order chi connectivity index (χ1) is 8.72. The normalized spacial score (nSPS) is 12.1. The van der Waals surface area contributed by atoms with Gasteiger partial charge in [-0.05, 0) is 19.1 Å². The van der Waals surface area contributed by atoms with Gasteiger partial charge >= 0.3 is 0 Å². The quantitative estimate of drug-likeness (QED) is 0.861. The van der Waals surface area contributed by atoms with Crippen molar-refractivity contribution in [2.75, 3.05) is 6.54 Å². The molecule has 0 fully saturated rings. The molecule has 1 aromatic heterocycles. The highest BCUT2D eigenvalue weighted by Crippen LogP contribution is 2.21. The Morgan fingerprint density at radius 2 is 2.17 bits per heavy atom. The monoisotopic (exact) mass is 263 g/mol. The van der Waals surface area contributed by atoms with Crippen molar-refractivity contribution in [2.45, 2.75) is 12.3 Å². The summed E-state index contributed by atoms with van der Waals surface area (Å²) in [6, 6.07) is 9.67. The van der Waals surface area contributed by atoms with Crippen molar-refractivity contribution in [3.8, 4) is 5.69 Å². The number of para-hydroxylation sites is 1.